The summed E-state index contributed by atoms with van der Waals surface area (Å²) < 4.78 is 5.14. The van der Waals surface area contributed by atoms with Crippen LogP contribution in [0, 0.1) is 0 Å². The monoisotopic (exact) mass is 471 g/mol. The molecule has 0 unspecified atom stereocenters. The van der Waals surface area contributed by atoms with Crippen molar-refractivity contribution in [1.29, 1.82) is 0 Å². The van der Waals surface area contributed by atoms with Crippen LogP contribution in [0.5, 0.6) is 5.88 Å². The minimum Gasteiger partial charge on any atom is -0.481 e. The van der Waals surface area contributed by atoms with Gasteiger partial charge in [0.15, 0.2) is 5.82 Å². The highest BCUT2D eigenvalue weighted by Gasteiger charge is 2.41. The number of anilines is 5. The molecule has 3 amide bonds. The molecule has 1 aliphatic heterocycles. The van der Waals surface area contributed by atoms with Gasteiger partial charge in [0.1, 0.15) is 0 Å². The highest BCUT2D eigenvalue weighted by molar-refractivity contribution is 6.03. The number of amides is 3. The minimum atomic E-state index is -0.327. The Labute approximate surface area is 202 Å². The number of rotatable bonds is 7. The summed E-state index contributed by atoms with van der Waals surface area (Å²) in [7, 11) is 3.40. The van der Waals surface area contributed by atoms with Crippen molar-refractivity contribution in [3.05, 3.63) is 67.0 Å². The number of pyridine rings is 1. The van der Waals surface area contributed by atoms with Gasteiger partial charge in [-0.15, -0.1) is 0 Å². The fourth-order valence-electron chi connectivity index (χ4n) is 3.95. The first kappa shape index (κ1) is 22.3. The van der Waals surface area contributed by atoms with E-state index in [1.54, 1.807) is 53.6 Å². The van der Waals surface area contributed by atoms with E-state index in [2.05, 4.69) is 21.9 Å². The molecule has 35 heavy (non-hydrogen) atoms. The molecule has 1 aliphatic carbocycles. The maximum Gasteiger partial charge on any atom is 0.330 e. The summed E-state index contributed by atoms with van der Waals surface area (Å²) in [6.45, 7) is 3.95. The second kappa shape index (κ2) is 9.05. The third-order valence-electron chi connectivity index (χ3n) is 5.98. The Balaban J connectivity index is 1.54. The van der Waals surface area contributed by atoms with Crippen LogP contribution < -0.4 is 19.9 Å². The molecule has 1 aromatic carbocycles. The Morgan fingerprint density at radius 3 is 2.74 bits per heavy atom. The van der Waals surface area contributed by atoms with Gasteiger partial charge in [-0.1, -0.05) is 12.6 Å². The molecule has 2 aliphatic rings. The zero-order chi connectivity index (χ0) is 24.5. The lowest BCUT2D eigenvalue weighted by atomic mass is 10.1. The molecule has 2 aromatic heterocycles. The van der Waals surface area contributed by atoms with Gasteiger partial charge in [0.05, 0.1) is 31.2 Å². The van der Waals surface area contributed by atoms with Crippen LogP contribution in [-0.2, 0) is 11.3 Å². The predicted octanol–water partition coefficient (Wildman–Crippen LogP) is 4.01. The Kier molecular flexibility index (Phi) is 5.77. The van der Waals surface area contributed by atoms with Gasteiger partial charge in [-0.2, -0.15) is 4.98 Å². The molecular formula is C25H25N7O3. The van der Waals surface area contributed by atoms with Crippen molar-refractivity contribution >= 4 is 40.8 Å². The van der Waals surface area contributed by atoms with E-state index in [4.69, 9.17) is 9.72 Å². The average Bonchev–Trinajstić information content (AvgIpc) is 3.73. The predicted molar refractivity (Wildman–Crippen MR) is 132 cm³/mol. The maximum absolute atomic E-state index is 13.6. The standard InChI is InChI=1S/C25H25N7O3/c1-4-21(33)28-17-6-5-7-19(12-17)32-23-16(15-31(25(32)34)18-8-9-18)13-27-24(29-23)30(2)20-10-11-22(35-3)26-14-20/h4-7,10-14,18H,1,8-9,15H2,2-3H3,(H,28,33). The molecule has 0 radical (unpaired) electrons. The first-order valence-electron chi connectivity index (χ1n) is 11.2. The van der Waals surface area contributed by atoms with E-state index in [1.807, 2.05) is 24.1 Å². The van der Waals surface area contributed by atoms with Gasteiger partial charge in [0.2, 0.25) is 17.7 Å². The van der Waals surface area contributed by atoms with Crippen LogP contribution in [0.4, 0.5) is 33.6 Å². The summed E-state index contributed by atoms with van der Waals surface area (Å²) >= 11 is 0. The zero-order valence-electron chi connectivity index (χ0n) is 19.5. The Bertz CT molecular complexity index is 1290. The summed E-state index contributed by atoms with van der Waals surface area (Å²) in [6, 6.07) is 10.8. The number of aromatic nitrogens is 3. The van der Waals surface area contributed by atoms with Crippen molar-refractivity contribution < 1.29 is 14.3 Å². The topological polar surface area (TPSA) is 104 Å². The Morgan fingerprint density at radius 1 is 1.23 bits per heavy atom. The maximum atomic E-state index is 13.6. The third kappa shape index (κ3) is 4.37. The van der Waals surface area contributed by atoms with Gasteiger partial charge in [-0.3, -0.25) is 4.79 Å². The quantitative estimate of drug-likeness (QED) is 0.519. The molecular weight excluding hydrogens is 446 g/mol. The van der Waals surface area contributed by atoms with Gasteiger partial charge in [-0.05, 0) is 43.2 Å². The number of nitrogens with zero attached hydrogens (tertiary/aromatic N) is 6. The molecule has 0 atom stereocenters. The van der Waals surface area contributed by atoms with Crippen LogP contribution in [0.25, 0.3) is 0 Å². The first-order chi connectivity index (χ1) is 17.0. The molecule has 1 N–H and O–H groups in total. The number of hydrogen-bond donors (Lipinski definition) is 1. The molecule has 0 bridgehead atoms. The number of hydrogen-bond acceptors (Lipinski definition) is 7. The average molecular weight is 472 g/mol. The van der Waals surface area contributed by atoms with Crippen LogP contribution in [0.1, 0.15) is 18.4 Å². The number of benzene rings is 1. The van der Waals surface area contributed by atoms with Crippen LogP contribution >= 0.6 is 0 Å². The lowest BCUT2D eigenvalue weighted by Crippen LogP contribution is -2.46. The lowest BCUT2D eigenvalue weighted by Gasteiger charge is -2.36. The molecule has 10 nitrogen and oxygen atoms in total. The van der Waals surface area contributed by atoms with Gasteiger partial charge >= 0.3 is 6.03 Å². The van der Waals surface area contributed by atoms with E-state index in [0.717, 1.165) is 24.1 Å². The molecule has 0 saturated heterocycles. The second-order valence-corrected chi connectivity index (χ2v) is 8.36. The number of urea groups is 1. The number of nitrogens with one attached hydrogen (secondary N) is 1. The van der Waals surface area contributed by atoms with E-state index in [0.29, 0.717) is 35.6 Å². The van der Waals surface area contributed by atoms with Crippen molar-refractivity contribution in [2.45, 2.75) is 25.4 Å². The number of ether oxygens (including phenoxy) is 1. The molecule has 178 valence electrons. The Hall–Kier alpha value is -4.47. The third-order valence-corrected chi connectivity index (χ3v) is 5.98. The van der Waals surface area contributed by atoms with Crippen LogP contribution in [0.2, 0.25) is 0 Å². The van der Waals surface area contributed by atoms with E-state index >= 15 is 0 Å². The highest BCUT2D eigenvalue weighted by Crippen LogP contribution is 2.40. The summed E-state index contributed by atoms with van der Waals surface area (Å²) in [6.07, 6.45) is 6.60. The number of carbonyl (C=O) groups excluding carboxylic acids is 2. The molecule has 1 saturated carbocycles. The van der Waals surface area contributed by atoms with Gasteiger partial charge < -0.3 is 19.9 Å². The van der Waals surface area contributed by atoms with Crippen molar-refractivity contribution in [2.24, 2.45) is 0 Å². The molecule has 1 fully saturated rings. The highest BCUT2D eigenvalue weighted by atomic mass is 16.5. The Morgan fingerprint density at radius 2 is 2.06 bits per heavy atom. The first-order valence-corrected chi connectivity index (χ1v) is 11.2. The summed E-state index contributed by atoms with van der Waals surface area (Å²) in [5, 5.41) is 2.75. The van der Waals surface area contributed by atoms with E-state index < -0.39 is 0 Å². The molecule has 3 heterocycles. The van der Waals surface area contributed by atoms with Crippen molar-refractivity contribution in [3.8, 4) is 5.88 Å². The fraction of sp³-hybridized carbons (Fsp3) is 0.240. The molecule has 0 spiro atoms. The van der Waals surface area contributed by atoms with E-state index in [-0.39, 0.29) is 18.0 Å². The van der Waals surface area contributed by atoms with E-state index in [1.165, 1.54) is 6.08 Å². The summed E-state index contributed by atoms with van der Waals surface area (Å²) in [4.78, 5) is 44.3. The van der Waals surface area contributed by atoms with Gasteiger partial charge in [0.25, 0.3) is 0 Å². The smallest absolute Gasteiger partial charge is 0.330 e. The second-order valence-electron chi connectivity index (χ2n) is 8.36. The fourth-order valence-corrected chi connectivity index (χ4v) is 3.95. The number of carbonyl (C=O) groups is 2. The molecule has 3 aromatic rings. The van der Waals surface area contributed by atoms with Crippen molar-refractivity contribution in [2.75, 3.05) is 29.3 Å². The normalized spacial score (nSPS) is 14.9. The van der Waals surface area contributed by atoms with E-state index in [9.17, 15) is 9.59 Å². The van der Waals surface area contributed by atoms with Crippen LogP contribution in [0.3, 0.4) is 0 Å². The number of methoxy groups -OCH3 is 1. The van der Waals surface area contributed by atoms with Crippen molar-refractivity contribution in [1.82, 2.24) is 19.9 Å². The largest absolute Gasteiger partial charge is 0.481 e. The van der Waals surface area contributed by atoms with Gasteiger partial charge in [-0.25, -0.2) is 19.7 Å². The minimum absolute atomic E-state index is 0.148. The van der Waals surface area contributed by atoms with Gasteiger partial charge in [0, 0.05) is 36.6 Å². The number of fused-ring (bicyclic) bond motifs is 1. The summed E-state index contributed by atoms with van der Waals surface area (Å²) in [5.41, 5.74) is 2.78. The summed E-state index contributed by atoms with van der Waals surface area (Å²) in [5.74, 6) is 1.11. The van der Waals surface area contributed by atoms with Crippen LogP contribution in [-0.4, -0.2) is 52.0 Å². The SMILES string of the molecule is C=CC(=O)Nc1cccc(N2C(=O)N(C3CC3)Cc3cnc(N(C)c4ccc(OC)nc4)nc32)c1. The van der Waals surface area contributed by atoms with Crippen LogP contribution in [0.15, 0.2) is 61.4 Å². The molecule has 5 rings (SSSR count). The lowest BCUT2D eigenvalue weighted by molar-refractivity contribution is -0.111. The van der Waals surface area contributed by atoms with Crippen molar-refractivity contribution in [3.63, 3.8) is 0 Å². The molecule has 10 heteroatoms. The zero-order valence-corrected chi connectivity index (χ0v) is 19.5.